The van der Waals surface area contributed by atoms with Gasteiger partial charge in [-0.15, -0.1) is 0 Å². The van der Waals surface area contributed by atoms with E-state index in [0.717, 1.165) is 38.9 Å². The Balaban J connectivity index is 2.02. The molecule has 0 aromatic heterocycles. The van der Waals surface area contributed by atoms with Crippen LogP contribution < -0.4 is 36.5 Å². The highest BCUT2D eigenvalue weighted by Gasteiger charge is 2.16. The molecule has 2 aromatic carbocycles. The van der Waals surface area contributed by atoms with Crippen LogP contribution in [0.5, 0.6) is 11.5 Å². The van der Waals surface area contributed by atoms with E-state index in [-0.39, 0.29) is 12.8 Å². The summed E-state index contributed by atoms with van der Waals surface area (Å²) in [5.41, 5.74) is 15.2. The summed E-state index contributed by atoms with van der Waals surface area (Å²) in [6.07, 6.45) is 2.16. The maximum absolute atomic E-state index is 5.79. The Morgan fingerprint density at radius 1 is 1.09 bits per heavy atom. The van der Waals surface area contributed by atoms with Crippen molar-refractivity contribution < 1.29 is 9.47 Å². The monoisotopic (exact) mass is 295 g/mol. The zero-order valence-corrected chi connectivity index (χ0v) is 12.2. The van der Waals surface area contributed by atoms with Crippen LogP contribution in [0.3, 0.4) is 0 Å². The third-order valence-corrected chi connectivity index (χ3v) is 3.87. The molecule has 0 spiro atoms. The molecule has 5 heteroatoms. The fourth-order valence-corrected chi connectivity index (χ4v) is 2.75. The molecule has 0 saturated carbocycles. The summed E-state index contributed by atoms with van der Waals surface area (Å²) >= 11 is 0. The molecule has 2 aromatic rings. The highest BCUT2D eigenvalue weighted by Crippen LogP contribution is 2.28. The number of rotatable bonds is 1. The summed E-state index contributed by atoms with van der Waals surface area (Å²) in [4.78, 5) is 0. The van der Waals surface area contributed by atoms with Gasteiger partial charge in [0.1, 0.15) is 0 Å². The second-order valence-electron chi connectivity index (χ2n) is 5.51. The van der Waals surface area contributed by atoms with Crippen molar-refractivity contribution in [3.8, 4) is 11.5 Å². The molecule has 4 N–H and O–H groups in total. The molecule has 22 heavy (non-hydrogen) atoms. The van der Waals surface area contributed by atoms with Crippen LogP contribution in [0.15, 0.2) is 36.4 Å². The van der Waals surface area contributed by atoms with E-state index in [2.05, 4.69) is 23.9 Å². The van der Waals surface area contributed by atoms with Gasteiger partial charge in [-0.3, -0.25) is 0 Å². The fraction of sp³-hybridized carbons (Fsp3) is 0.176. The van der Waals surface area contributed by atoms with Crippen LogP contribution in [-0.2, 0) is 0 Å². The van der Waals surface area contributed by atoms with Gasteiger partial charge in [-0.2, -0.15) is 0 Å². The van der Waals surface area contributed by atoms with E-state index in [9.17, 15) is 0 Å². The van der Waals surface area contributed by atoms with Crippen LogP contribution in [0.1, 0.15) is 12.5 Å². The first kappa shape index (κ1) is 13.0. The van der Waals surface area contributed by atoms with Crippen LogP contribution >= 0.6 is 0 Å². The lowest BCUT2D eigenvalue weighted by molar-refractivity contribution is 0.174. The molecule has 4 rings (SSSR count). The molecule has 112 valence electrons. The van der Waals surface area contributed by atoms with Crippen molar-refractivity contribution >= 4 is 17.5 Å². The van der Waals surface area contributed by atoms with Gasteiger partial charge in [-0.25, -0.2) is 5.43 Å². The number of nitrogens with two attached hydrogens (primary N) is 1. The fourth-order valence-electron chi connectivity index (χ4n) is 2.75. The SMILES string of the molecule is CC1C=c2cc3c(cc2=C(c2ccc(N)cc2)NN1)OCO3. The molecular formula is C17H17N3O2. The zero-order valence-electron chi connectivity index (χ0n) is 12.2. The topological polar surface area (TPSA) is 68.5 Å². The standard InChI is InChI=1S/C17H17N3O2/c1-10-6-12-7-15-16(22-9-21-15)8-14(12)17(20-19-10)11-2-4-13(18)5-3-11/h2-8,10,19-20H,9,18H2,1H3. The molecule has 2 heterocycles. The number of hydrazine groups is 1. The van der Waals surface area contributed by atoms with E-state index in [1.807, 2.05) is 36.4 Å². The molecule has 0 saturated heterocycles. The summed E-state index contributed by atoms with van der Waals surface area (Å²) in [6.45, 7) is 2.37. The van der Waals surface area contributed by atoms with Crippen molar-refractivity contribution in [2.24, 2.45) is 0 Å². The van der Waals surface area contributed by atoms with Gasteiger partial charge < -0.3 is 20.6 Å². The molecule has 0 radical (unpaired) electrons. The van der Waals surface area contributed by atoms with Crippen LogP contribution in [0.2, 0.25) is 0 Å². The second kappa shape index (κ2) is 4.96. The third-order valence-electron chi connectivity index (χ3n) is 3.87. The number of nitrogen functional groups attached to an aromatic ring is 1. The van der Waals surface area contributed by atoms with Crippen molar-refractivity contribution in [3.63, 3.8) is 0 Å². The third kappa shape index (κ3) is 2.16. The van der Waals surface area contributed by atoms with Gasteiger partial charge in [0.05, 0.1) is 5.70 Å². The molecule has 2 aliphatic heterocycles. The normalized spacial score (nSPS) is 19.0. The van der Waals surface area contributed by atoms with Gasteiger partial charge in [0.25, 0.3) is 0 Å². The number of anilines is 1. The van der Waals surface area contributed by atoms with Crippen LogP contribution in [0.25, 0.3) is 11.8 Å². The largest absolute Gasteiger partial charge is 0.454 e. The van der Waals surface area contributed by atoms with Crippen molar-refractivity contribution in [1.29, 1.82) is 0 Å². The van der Waals surface area contributed by atoms with Crippen molar-refractivity contribution in [2.75, 3.05) is 12.5 Å². The van der Waals surface area contributed by atoms with E-state index in [4.69, 9.17) is 15.2 Å². The van der Waals surface area contributed by atoms with E-state index < -0.39 is 0 Å². The van der Waals surface area contributed by atoms with Gasteiger partial charge in [-0.05, 0) is 42.0 Å². The summed E-state index contributed by atoms with van der Waals surface area (Å²) in [7, 11) is 0. The quantitative estimate of drug-likeness (QED) is 0.666. The van der Waals surface area contributed by atoms with E-state index in [1.54, 1.807) is 0 Å². The number of hydrogen-bond acceptors (Lipinski definition) is 5. The lowest BCUT2D eigenvalue weighted by atomic mass is 10.1. The molecule has 1 unspecified atom stereocenters. The summed E-state index contributed by atoms with van der Waals surface area (Å²) in [6, 6.07) is 12.0. The van der Waals surface area contributed by atoms with Crippen molar-refractivity contribution in [2.45, 2.75) is 13.0 Å². The Bertz CT molecular complexity index is 843. The number of hydrogen-bond donors (Lipinski definition) is 3. The Labute approximate surface area is 128 Å². The van der Waals surface area contributed by atoms with Gasteiger partial charge >= 0.3 is 0 Å². The van der Waals surface area contributed by atoms with Gasteiger partial charge in [0.15, 0.2) is 11.5 Å². The predicted octanol–water partition coefficient (Wildman–Crippen LogP) is 0.431. The number of ether oxygens (including phenoxy) is 2. The Kier molecular flexibility index (Phi) is 2.94. The highest BCUT2D eigenvalue weighted by atomic mass is 16.7. The number of benzene rings is 2. The minimum Gasteiger partial charge on any atom is -0.454 e. The number of nitrogens with one attached hydrogen (secondary N) is 2. The molecule has 0 bridgehead atoms. The number of fused-ring (bicyclic) bond motifs is 2. The maximum atomic E-state index is 5.79. The first-order chi connectivity index (χ1) is 10.7. The average molecular weight is 295 g/mol. The van der Waals surface area contributed by atoms with Crippen molar-refractivity contribution in [3.05, 3.63) is 52.4 Å². The zero-order chi connectivity index (χ0) is 15.1. The molecule has 1 atom stereocenters. The summed E-state index contributed by atoms with van der Waals surface area (Å²) in [5, 5.41) is 2.19. The average Bonchev–Trinajstić information content (AvgIpc) is 2.89. The van der Waals surface area contributed by atoms with Crippen molar-refractivity contribution in [1.82, 2.24) is 10.9 Å². The lowest BCUT2D eigenvalue weighted by Gasteiger charge is -2.13. The summed E-state index contributed by atoms with van der Waals surface area (Å²) in [5.74, 6) is 1.57. The Morgan fingerprint density at radius 2 is 1.82 bits per heavy atom. The first-order valence-electron chi connectivity index (χ1n) is 7.24. The minimum atomic E-state index is 0.186. The smallest absolute Gasteiger partial charge is 0.231 e. The van der Waals surface area contributed by atoms with E-state index in [0.29, 0.717) is 0 Å². The molecular weight excluding hydrogens is 278 g/mol. The molecule has 5 nitrogen and oxygen atoms in total. The van der Waals surface area contributed by atoms with Crippen LogP contribution in [0, 0.1) is 0 Å². The minimum absolute atomic E-state index is 0.186. The van der Waals surface area contributed by atoms with E-state index >= 15 is 0 Å². The Morgan fingerprint density at radius 3 is 2.59 bits per heavy atom. The molecule has 2 aliphatic rings. The Hall–Kier alpha value is -2.66. The van der Waals surface area contributed by atoms with Gasteiger partial charge in [0, 0.05) is 16.9 Å². The van der Waals surface area contributed by atoms with Gasteiger partial charge in [-0.1, -0.05) is 18.2 Å². The predicted molar refractivity (Wildman–Crippen MR) is 85.4 cm³/mol. The molecule has 0 fully saturated rings. The lowest BCUT2D eigenvalue weighted by Crippen LogP contribution is -2.37. The molecule has 0 aliphatic carbocycles. The maximum Gasteiger partial charge on any atom is 0.231 e. The first-order valence-corrected chi connectivity index (χ1v) is 7.24. The summed E-state index contributed by atoms with van der Waals surface area (Å²) < 4.78 is 11.0. The second-order valence-corrected chi connectivity index (χ2v) is 5.51. The highest BCUT2D eigenvalue weighted by molar-refractivity contribution is 5.67. The van der Waals surface area contributed by atoms with Gasteiger partial charge in [0.2, 0.25) is 6.79 Å². The van der Waals surface area contributed by atoms with Crippen LogP contribution in [-0.4, -0.2) is 12.8 Å². The van der Waals surface area contributed by atoms with E-state index in [1.165, 1.54) is 0 Å². The van der Waals surface area contributed by atoms with Crippen LogP contribution in [0.4, 0.5) is 5.69 Å². The molecule has 0 amide bonds.